The van der Waals surface area contributed by atoms with Crippen molar-refractivity contribution >= 4 is 23.5 Å². The minimum Gasteiger partial charge on any atom is -0.505 e. The van der Waals surface area contributed by atoms with Crippen LogP contribution in [0.3, 0.4) is 0 Å². The molecule has 0 aromatic heterocycles. The highest BCUT2D eigenvalue weighted by molar-refractivity contribution is 5.99. The highest BCUT2D eigenvalue weighted by atomic mass is 16.4. The fourth-order valence-corrected chi connectivity index (χ4v) is 2.05. The van der Waals surface area contributed by atoms with Gasteiger partial charge in [0.25, 0.3) is 0 Å². The summed E-state index contributed by atoms with van der Waals surface area (Å²) in [6, 6.07) is 4.04. The zero-order valence-electron chi connectivity index (χ0n) is 10.6. The molecule has 0 spiro atoms. The Morgan fingerprint density at radius 1 is 1.35 bits per heavy atom. The number of phenols is 1. The number of nitrogens with one attached hydrogen (secondary N) is 1. The van der Waals surface area contributed by atoms with Gasteiger partial charge in [-0.05, 0) is 18.6 Å². The number of rotatable bonds is 4. The van der Waals surface area contributed by atoms with E-state index in [1.807, 2.05) is 0 Å². The molecule has 7 nitrogen and oxygen atoms in total. The molecule has 1 aromatic carbocycles. The van der Waals surface area contributed by atoms with Crippen molar-refractivity contribution in [2.75, 3.05) is 18.4 Å². The number of para-hydroxylation sites is 1. The summed E-state index contributed by atoms with van der Waals surface area (Å²) in [4.78, 5) is 35.5. The third-order valence-corrected chi connectivity index (χ3v) is 3.05. The van der Waals surface area contributed by atoms with Gasteiger partial charge in [-0.25, -0.2) is 4.79 Å². The molecular weight excluding hydrogens is 264 g/mol. The first-order valence-electron chi connectivity index (χ1n) is 6.12. The van der Waals surface area contributed by atoms with E-state index in [9.17, 15) is 19.5 Å². The van der Waals surface area contributed by atoms with Crippen LogP contribution < -0.4 is 5.32 Å². The van der Waals surface area contributed by atoms with Crippen LogP contribution in [0.25, 0.3) is 0 Å². The monoisotopic (exact) mass is 278 g/mol. The Bertz CT molecular complexity index is 570. The van der Waals surface area contributed by atoms with Crippen LogP contribution in [0.4, 0.5) is 5.69 Å². The van der Waals surface area contributed by atoms with Gasteiger partial charge >= 0.3 is 5.97 Å². The van der Waals surface area contributed by atoms with Gasteiger partial charge in [0.2, 0.25) is 11.8 Å². The number of hydrogen-bond acceptors (Lipinski definition) is 4. The van der Waals surface area contributed by atoms with E-state index >= 15 is 0 Å². The van der Waals surface area contributed by atoms with Crippen molar-refractivity contribution in [3.63, 3.8) is 0 Å². The van der Waals surface area contributed by atoms with Gasteiger partial charge in [-0.3, -0.25) is 9.59 Å². The Morgan fingerprint density at radius 3 is 2.70 bits per heavy atom. The quantitative estimate of drug-likeness (QED) is 0.701. The molecule has 3 N–H and O–H groups in total. The topological polar surface area (TPSA) is 107 Å². The molecule has 1 heterocycles. The minimum atomic E-state index is -1.28. The summed E-state index contributed by atoms with van der Waals surface area (Å²) in [5, 5.41) is 21.0. The maximum absolute atomic E-state index is 11.8. The van der Waals surface area contributed by atoms with E-state index in [0.29, 0.717) is 13.0 Å². The lowest BCUT2D eigenvalue weighted by Gasteiger charge is -2.15. The van der Waals surface area contributed by atoms with Gasteiger partial charge in [0, 0.05) is 13.0 Å². The fraction of sp³-hybridized carbons (Fsp3) is 0.308. The van der Waals surface area contributed by atoms with Crippen LogP contribution in [0.1, 0.15) is 23.2 Å². The second-order valence-corrected chi connectivity index (χ2v) is 4.47. The molecule has 1 aliphatic heterocycles. The van der Waals surface area contributed by atoms with Crippen molar-refractivity contribution in [3.05, 3.63) is 23.8 Å². The molecule has 2 amide bonds. The molecule has 1 aromatic rings. The van der Waals surface area contributed by atoms with E-state index in [-0.39, 0.29) is 23.7 Å². The summed E-state index contributed by atoms with van der Waals surface area (Å²) in [5.74, 6) is -2.34. The van der Waals surface area contributed by atoms with Crippen molar-refractivity contribution in [3.8, 4) is 5.75 Å². The molecule has 1 aliphatic rings. The van der Waals surface area contributed by atoms with Crippen LogP contribution in [-0.2, 0) is 9.59 Å². The first kappa shape index (κ1) is 13.9. The van der Waals surface area contributed by atoms with Gasteiger partial charge in [0.05, 0.1) is 12.2 Å². The van der Waals surface area contributed by atoms with Gasteiger partial charge in [-0.1, -0.05) is 6.07 Å². The highest BCUT2D eigenvalue weighted by Gasteiger charge is 2.23. The Hall–Kier alpha value is -2.57. The Balaban J connectivity index is 2.06. The number of hydrogen-bond donors (Lipinski definition) is 3. The van der Waals surface area contributed by atoms with Crippen LogP contribution in [0.15, 0.2) is 18.2 Å². The van der Waals surface area contributed by atoms with Crippen LogP contribution in [0.2, 0.25) is 0 Å². The number of aromatic hydroxyl groups is 1. The summed E-state index contributed by atoms with van der Waals surface area (Å²) in [6.07, 6.45) is 1.17. The molecule has 106 valence electrons. The summed E-state index contributed by atoms with van der Waals surface area (Å²) in [7, 11) is 0. The largest absolute Gasteiger partial charge is 0.505 e. The molecule has 20 heavy (non-hydrogen) atoms. The Labute approximate surface area is 114 Å². The number of carboxylic acid groups (broad SMARTS) is 1. The van der Waals surface area contributed by atoms with E-state index in [1.165, 1.54) is 23.1 Å². The molecule has 0 bridgehead atoms. The number of amides is 2. The Kier molecular flexibility index (Phi) is 3.88. The van der Waals surface area contributed by atoms with E-state index in [1.54, 1.807) is 0 Å². The second-order valence-electron chi connectivity index (χ2n) is 4.47. The zero-order valence-corrected chi connectivity index (χ0v) is 10.6. The average molecular weight is 278 g/mol. The number of nitrogens with zero attached hydrogens (tertiary/aromatic N) is 1. The molecule has 2 rings (SSSR count). The van der Waals surface area contributed by atoms with Crippen molar-refractivity contribution in [1.29, 1.82) is 0 Å². The number of carboxylic acids is 1. The number of likely N-dealkylation sites (tertiary alicyclic amines) is 1. The maximum atomic E-state index is 11.8. The maximum Gasteiger partial charge on any atom is 0.339 e. The zero-order chi connectivity index (χ0) is 14.7. The molecule has 1 saturated heterocycles. The van der Waals surface area contributed by atoms with Crippen molar-refractivity contribution in [2.24, 2.45) is 0 Å². The Morgan fingerprint density at radius 2 is 2.10 bits per heavy atom. The first-order valence-corrected chi connectivity index (χ1v) is 6.12. The molecule has 0 radical (unpaired) electrons. The van der Waals surface area contributed by atoms with Crippen LogP contribution >= 0.6 is 0 Å². The van der Waals surface area contributed by atoms with Gasteiger partial charge in [0.15, 0.2) is 5.75 Å². The SMILES string of the molecule is O=C(CN1CCCC1=O)Nc1cccc(C(=O)O)c1O. The van der Waals surface area contributed by atoms with Gasteiger partial charge < -0.3 is 20.4 Å². The lowest BCUT2D eigenvalue weighted by molar-refractivity contribution is -0.131. The summed E-state index contributed by atoms with van der Waals surface area (Å²) in [5.41, 5.74) is -0.276. The minimum absolute atomic E-state index is 0.0153. The number of anilines is 1. The number of aromatic carboxylic acids is 1. The molecule has 0 atom stereocenters. The fourth-order valence-electron chi connectivity index (χ4n) is 2.05. The van der Waals surface area contributed by atoms with Crippen molar-refractivity contribution in [1.82, 2.24) is 4.90 Å². The second kappa shape index (κ2) is 5.60. The van der Waals surface area contributed by atoms with E-state index in [0.717, 1.165) is 6.42 Å². The molecule has 1 fully saturated rings. The van der Waals surface area contributed by atoms with E-state index in [2.05, 4.69) is 5.32 Å². The predicted molar refractivity (Wildman–Crippen MR) is 69.5 cm³/mol. The first-order chi connectivity index (χ1) is 9.49. The van der Waals surface area contributed by atoms with E-state index < -0.39 is 17.6 Å². The summed E-state index contributed by atoms with van der Waals surface area (Å²) in [6.45, 7) is 0.434. The van der Waals surface area contributed by atoms with Gasteiger partial charge in [0.1, 0.15) is 5.56 Å². The van der Waals surface area contributed by atoms with Crippen molar-refractivity contribution < 1.29 is 24.6 Å². The summed E-state index contributed by atoms with van der Waals surface area (Å²) >= 11 is 0. The molecular formula is C13H14N2O5. The lowest BCUT2D eigenvalue weighted by atomic mass is 10.1. The number of carbonyl (C=O) groups is 3. The third kappa shape index (κ3) is 2.87. The lowest BCUT2D eigenvalue weighted by Crippen LogP contribution is -2.34. The van der Waals surface area contributed by atoms with E-state index in [4.69, 9.17) is 5.11 Å². The standard InChI is InChI=1S/C13H14N2O5/c16-10(7-15-6-2-5-11(15)17)14-9-4-1-3-8(12(9)18)13(19)20/h1,3-4,18H,2,5-7H2,(H,14,16)(H,19,20). The van der Waals surface area contributed by atoms with Crippen LogP contribution in [0.5, 0.6) is 5.75 Å². The smallest absolute Gasteiger partial charge is 0.339 e. The summed E-state index contributed by atoms with van der Waals surface area (Å²) < 4.78 is 0. The number of carbonyl (C=O) groups excluding carboxylic acids is 2. The highest BCUT2D eigenvalue weighted by Crippen LogP contribution is 2.27. The molecule has 0 saturated carbocycles. The average Bonchev–Trinajstić information content (AvgIpc) is 2.77. The third-order valence-electron chi connectivity index (χ3n) is 3.05. The van der Waals surface area contributed by atoms with Crippen LogP contribution in [0, 0.1) is 0 Å². The normalized spacial score (nSPS) is 14.4. The van der Waals surface area contributed by atoms with Crippen LogP contribution in [-0.4, -0.2) is 46.0 Å². The number of benzene rings is 1. The predicted octanol–water partition coefficient (Wildman–Crippen LogP) is 0.651. The molecule has 0 unspecified atom stereocenters. The molecule has 0 aliphatic carbocycles. The van der Waals surface area contributed by atoms with Crippen molar-refractivity contribution in [2.45, 2.75) is 12.8 Å². The van der Waals surface area contributed by atoms with Gasteiger partial charge in [-0.15, -0.1) is 0 Å². The van der Waals surface area contributed by atoms with Gasteiger partial charge in [-0.2, -0.15) is 0 Å². The molecule has 7 heteroatoms.